The summed E-state index contributed by atoms with van der Waals surface area (Å²) in [6.45, 7) is 7.80. The van der Waals surface area contributed by atoms with Crippen LogP contribution in [0, 0.1) is 0 Å². The summed E-state index contributed by atoms with van der Waals surface area (Å²) in [7, 11) is 1.42. The van der Waals surface area contributed by atoms with Gasteiger partial charge in [-0.2, -0.15) is 0 Å². The van der Waals surface area contributed by atoms with Crippen molar-refractivity contribution in [1.82, 2.24) is 14.9 Å². The van der Waals surface area contributed by atoms with Crippen molar-refractivity contribution >= 4 is 27.3 Å². The van der Waals surface area contributed by atoms with Crippen molar-refractivity contribution in [2.45, 2.75) is 43.4 Å². The molecule has 1 heterocycles. The average Bonchev–Trinajstić information content (AvgIpc) is 3.18. The largest absolute Gasteiger partial charge is 0.356 e. The molecule has 0 aliphatic carbocycles. The molecule has 8 heteroatoms. The van der Waals surface area contributed by atoms with Crippen molar-refractivity contribution in [3.63, 3.8) is 0 Å². The van der Waals surface area contributed by atoms with E-state index in [1.165, 1.54) is 40.9 Å². The number of rotatable bonds is 8. The Balaban J connectivity index is 1.95. The summed E-state index contributed by atoms with van der Waals surface area (Å²) in [4.78, 5) is 5.22. The van der Waals surface area contributed by atoms with Gasteiger partial charge >= 0.3 is 0 Å². The molecule has 160 valence electrons. The van der Waals surface area contributed by atoms with Gasteiger partial charge in [0.2, 0.25) is 0 Å². The predicted molar refractivity (Wildman–Crippen MR) is 122 cm³/mol. The first-order valence-electron chi connectivity index (χ1n) is 9.65. The van der Waals surface area contributed by atoms with Crippen LogP contribution in [-0.4, -0.2) is 46.4 Å². The number of aliphatic imine (C=N–C) groups is 1. The molecule has 2 N–H and O–H groups in total. The molecule has 6 nitrogen and oxygen atoms in total. The molecule has 2 rings (SSSR count). The van der Waals surface area contributed by atoms with Gasteiger partial charge in [0, 0.05) is 38.0 Å². The zero-order chi connectivity index (χ0) is 21.7. The Labute approximate surface area is 179 Å². The van der Waals surface area contributed by atoms with Crippen LogP contribution in [0.25, 0.3) is 0 Å². The fourth-order valence-electron chi connectivity index (χ4n) is 2.76. The second-order valence-corrected chi connectivity index (χ2v) is 11.3. The highest BCUT2D eigenvalue weighted by Gasteiger charge is 2.21. The lowest BCUT2D eigenvalue weighted by Crippen LogP contribution is -2.43. The van der Waals surface area contributed by atoms with Crippen LogP contribution in [0.2, 0.25) is 0 Å². The predicted octanol–water partition coefficient (Wildman–Crippen LogP) is 3.20. The van der Waals surface area contributed by atoms with Crippen LogP contribution in [0.1, 0.15) is 36.8 Å². The SMILES string of the molecule is CCc1ccc(C(C)(C)CNC(=NC)NCc2ccc(S(=O)(=O)N(C)C)s2)cc1. The van der Waals surface area contributed by atoms with E-state index in [4.69, 9.17) is 0 Å². The van der Waals surface area contributed by atoms with Gasteiger partial charge in [0.25, 0.3) is 10.0 Å². The van der Waals surface area contributed by atoms with Gasteiger partial charge in [-0.3, -0.25) is 4.99 Å². The van der Waals surface area contributed by atoms with Crippen LogP contribution in [0.5, 0.6) is 0 Å². The van der Waals surface area contributed by atoms with Gasteiger partial charge in [0.05, 0.1) is 6.54 Å². The van der Waals surface area contributed by atoms with Crippen LogP contribution < -0.4 is 10.6 Å². The fraction of sp³-hybridized carbons (Fsp3) is 0.476. The molecule has 0 aliphatic rings. The Hall–Kier alpha value is -1.90. The molecule has 1 aromatic carbocycles. The van der Waals surface area contributed by atoms with Gasteiger partial charge in [0.15, 0.2) is 5.96 Å². The molecule has 0 bridgehead atoms. The summed E-state index contributed by atoms with van der Waals surface area (Å²) in [5.41, 5.74) is 2.55. The summed E-state index contributed by atoms with van der Waals surface area (Å²) in [5.74, 6) is 0.689. The van der Waals surface area contributed by atoms with Crippen molar-refractivity contribution in [3.8, 4) is 0 Å². The zero-order valence-corrected chi connectivity index (χ0v) is 19.7. The van der Waals surface area contributed by atoms with E-state index in [0.29, 0.717) is 16.7 Å². The van der Waals surface area contributed by atoms with Gasteiger partial charge < -0.3 is 10.6 Å². The zero-order valence-electron chi connectivity index (χ0n) is 18.1. The van der Waals surface area contributed by atoms with E-state index in [9.17, 15) is 8.42 Å². The second kappa shape index (κ2) is 9.73. The third-order valence-corrected chi connectivity index (χ3v) is 8.23. The molecule has 0 aliphatic heterocycles. The smallest absolute Gasteiger partial charge is 0.252 e. The van der Waals surface area contributed by atoms with E-state index in [1.54, 1.807) is 13.1 Å². The molecule has 29 heavy (non-hydrogen) atoms. The summed E-state index contributed by atoms with van der Waals surface area (Å²) in [6, 6.07) is 12.2. The first-order chi connectivity index (χ1) is 13.6. The Morgan fingerprint density at radius 2 is 1.76 bits per heavy atom. The molecule has 0 saturated heterocycles. The summed E-state index contributed by atoms with van der Waals surface area (Å²) in [6.07, 6.45) is 1.04. The molecular weight excluding hydrogens is 404 g/mol. The van der Waals surface area contributed by atoms with E-state index < -0.39 is 10.0 Å². The molecular formula is C21H32N4O2S2. The first kappa shape index (κ1) is 23.4. The Morgan fingerprint density at radius 3 is 2.31 bits per heavy atom. The lowest BCUT2D eigenvalue weighted by molar-refractivity contribution is 0.508. The van der Waals surface area contributed by atoms with Gasteiger partial charge in [-0.1, -0.05) is 45.0 Å². The van der Waals surface area contributed by atoms with E-state index >= 15 is 0 Å². The molecule has 0 radical (unpaired) electrons. The molecule has 0 amide bonds. The lowest BCUT2D eigenvalue weighted by Gasteiger charge is -2.27. The number of benzene rings is 1. The standard InChI is InChI=1S/C21H32N4O2S2/c1-7-16-8-10-17(11-9-16)21(2,3)15-24-20(22-4)23-14-18-12-13-19(28-18)29(26,27)25(5)6/h8-13H,7,14-15H2,1-6H3,(H2,22,23,24). The van der Waals surface area contributed by atoms with Crippen molar-refractivity contribution in [1.29, 1.82) is 0 Å². The van der Waals surface area contributed by atoms with Crippen molar-refractivity contribution < 1.29 is 8.42 Å². The summed E-state index contributed by atoms with van der Waals surface area (Å²) >= 11 is 1.27. The summed E-state index contributed by atoms with van der Waals surface area (Å²) in [5, 5.41) is 6.64. The summed E-state index contributed by atoms with van der Waals surface area (Å²) < 4.78 is 26.0. The van der Waals surface area contributed by atoms with Gasteiger partial charge in [-0.15, -0.1) is 11.3 Å². The fourth-order valence-corrected chi connectivity index (χ4v) is 5.23. The molecule has 0 atom stereocenters. The third-order valence-electron chi connectivity index (χ3n) is 4.87. The minimum Gasteiger partial charge on any atom is -0.356 e. The van der Waals surface area contributed by atoms with Crippen LogP contribution in [-0.2, 0) is 28.4 Å². The highest BCUT2D eigenvalue weighted by molar-refractivity contribution is 7.91. The molecule has 1 aromatic heterocycles. The molecule has 0 fully saturated rings. The number of hydrogen-bond acceptors (Lipinski definition) is 4. The quantitative estimate of drug-likeness (QED) is 0.492. The Morgan fingerprint density at radius 1 is 1.10 bits per heavy atom. The van der Waals surface area contributed by atoms with Crippen LogP contribution in [0.3, 0.4) is 0 Å². The van der Waals surface area contributed by atoms with Crippen LogP contribution >= 0.6 is 11.3 Å². The number of nitrogens with one attached hydrogen (secondary N) is 2. The molecule has 0 unspecified atom stereocenters. The Bertz CT molecular complexity index is 930. The van der Waals surface area contributed by atoms with E-state index in [0.717, 1.165) is 17.8 Å². The van der Waals surface area contributed by atoms with Gasteiger partial charge in [-0.05, 0) is 29.7 Å². The van der Waals surface area contributed by atoms with Crippen molar-refractivity contribution in [3.05, 3.63) is 52.4 Å². The maximum absolute atomic E-state index is 12.2. The topological polar surface area (TPSA) is 73.8 Å². The highest BCUT2D eigenvalue weighted by atomic mass is 32.2. The minimum atomic E-state index is -3.39. The van der Waals surface area contributed by atoms with E-state index in [2.05, 4.69) is 60.7 Å². The minimum absolute atomic E-state index is 0.0558. The molecule has 0 spiro atoms. The lowest BCUT2D eigenvalue weighted by atomic mass is 9.84. The average molecular weight is 437 g/mol. The molecule has 0 saturated carbocycles. The second-order valence-electron chi connectivity index (χ2n) is 7.72. The first-order valence-corrected chi connectivity index (χ1v) is 11.9. The van der Waals surface area contributed by atoms with Crippen molar-refractivity contribution in [2.75, 3.05) is 27.7 Å². The van der Waals surface area contributed by atoms with E-state index in [-0.39, 0.29) is 5.41 Å². The number of hydrogen-bond donors (Lipinski definition) is 2. The number of thiophene rings is 1. The normalized spacial score (nSPS) is 13.0. The highest BCUT2D eigenvalue weighted by Crippen LogP contribution is 2.24. The number of nitrogens with zero attached hydrogens (tertiary/aromatic N) is 2. The van der Waals surface area contributed by atoms with Crippen molar-refractivity contribution in [2.24, 2.45) is 4.99 Å². The molecule has 2 aromatic rings. The third kappa shape index (κ3) is 6.04. The van der Waals surface area contributed by atoms with Crippen LogP contribution in [0.4, 0.5) is 0 Å². The monoisotopic (exact) mass is 436 g/mol. The number of sulfonamides is 1. The van der Waals surface area contributed by atoms with E-state index in [1.807, 2.05) is 6.07 Å². The van der Waals surface area contributed by atoms with Gasteiger partial charge in [0.1, 0.15) is 4.21 Å². The maximum Gasteiger partial charge on any atom is 0.252 e. The Kier molecular flexibility index (Phi) is 7.85. The van der Waals surface area contributed by atoms with Crippen LogP contribution in [0.15, 0.2) is 45.6 Å². The maximum atomic E-state index is 12.2. The number of aryl methyl sites for hydroxylation is 1. The van der Waals surface area contributed by atoms with Gasteiger partial charge in [-0.25, -0.2) is 12.7 Å². The number of guanidine groups is 1.